The van der Waals surface area contributed by atoms with E-state index in [4.69, 9.17) is 4.74 Å². The highest BCUT2D eigenvalue weighted by Gasteiger charge is 2.13. The lowest BCUT2D eigenvalue weighted by atomic mass is 10.1. The highest BCUT2D eigenvalue weighted by molar-refractivity contribution is 7.17. The molecule has 2 aromatic heterocycles. The monoisotopic (exact) mass is 376 g/mol. The fourth-order valence-electron chi connectivity index (χ4n) is 3.24. The van der Waals surface area contributed by atoms with Crippen molar-refractivity contribution >= 4 is 21.6 Å². The van der Waals surface area contributed by atoms with E-state index in [1.807, 2.05) is 61.7 Å². The van der Waals surface area contributed by atoms with Crippen LogP contribution in [-0.2, 0) is 6.54 Å². The molecule has 0 amide bonds. The predicted molar refractivity (Wildman–Crippen MR) is 111 cm³/mol. The van der Waals surface area contributed by atoms with E-state index >= 15 is 0 Å². The molecule has 0 aliphatic heterocycles. The fraction of sp³-hybridized carbons (Fsp3) is 0.182. The summed E-state index contributed by atoms with van der Waals surface area (Å²) in [6.45, 7) is 4.97. The van der Waals surface area contributed by atoms with E-state index in [-0.39, 0.29) is 5.56 Å². The molecule has 0 saturated carbocycles. The number of fused-ring (bicyclic) bond motifs is 1. The van der Waals surface area contributed by atoms with Crippen LogP contribution in [0.3, 0.4) is 0 Å². The van der Waals surface area contributed by atoms with Gasteiger partial charge in [-0.2, -0.15) is 0 Å². The van der Waals surface area contributed by atoms with E-state index in [1.54, 1.807) is 10.9 Å². The Morgan fingerprint density at radius 1 is 1.07 bits per heavy atom. The van der Waals surface area contributed by atoms with Gasteiger partial charge in [-0.05, 0) is 42.7 Å². The summed E-state index contributed by atoms with van der Waals surface area (Å²) in [4.78, 5) is 18.2. The molecule has 0 saturated heterocycles. The number of aromatic nitrogens is 2. The Morgan fingerprint density at radius 3 is 2.56 bits per heavy atom. The first-order valence-corrected chi connectivity index (χ1v) is 9.73. The van der Waals surface area contributed by atoms with Crippen molar-refractivity contribution in [3.8, 4) is 16.9 Å². The Morgan fingerprint density at radius 2 is 1.81 bits per heavy atom. The maximum Gasteiger partial charge on any atom is 0.262 e. The molecule has 0 fully saturated rings. The molecule has 0 bridgehead atoms. The van der Waals surface area contributed by atoms with Crippen LogP contribution in [0.5, 0.6) is 5.75 Å². The first-order chi connectivity index (χ1) is 13.1. The zero-order valence-electron chi connectivity index (χ0n) is 15.3. The first kappa shape index (κ1) is 17.5. The lowest BCUT2D eigenvalue weighted by molar-refractivity contribution is 0.295. The summed E-state index contributed by atoms with van der Waals surface area (Å²) in [5.41, 5.74) is 4.28. The second-order valence-corrected chi connectivity index (χ2v) is 7.47. The van der Waals surface area contributed by atoms with Gasteiger partial charge in [0, 0.05) is 10.9 Å². The van der Waals surface area contributed by atoms with Crippen molar-refractivity contribution in [2.24, 2.45) is 0 Å². The molecular weight excluding hydrogens is 356 g/mol. The summed E-state index contributed by atoms with van der Waals surface area (Å²) in [5, 5.41) is 2.69. The smallest absolute Gasteiger partial charge is 0.262 e. The van der Waals surface area contributed by atoms with Gasteiger partial charge in [0.05, 0.1) is 18.3 Å². The highest BCUT2D eigenvalue weighted by Crippen LogP contribution is 2.30. The minimum atomic E-state index is -0.0240. The molecule has 0 aliphatic rings. The average molecular weight is 376 g/mol. The molecular formula is C22H20N2O2S. The van der Waals surface area contributed by atoms with Gasteiger partial charge in [0.1, 0.15) is 17.2 Å². The van der Waals surface area contributed by atoms with Crippen LogP contribution < -0.4 is 10.3 Å². The van der Waals surface area contributed by atoms with Crippen LogP contribution in [0.15, 0.2) is 65.0 Å². The molecule has 4 aromatic rings. The van der Waals surface area contributed by atoms with Gasteiger partial charge in [-0.1, -0.05) is 36.4 Å². The van der Waals surface area contributed by atoms with Crippen LogP contribution in [0, 0.1) is 13.8 Å². The van der Waals surface area contributed by atoms with E-state index in [0.29, 0.717) is 18.5 Å². The summed E-state index contributed by atoms with van der Waals surface area (Å²) < 4.78 is 7.48. The SMILES string of the molecule is Cc1cc(C)cc(OCCn2cnc3scc(-c4ccccc4)c3c2=O)c1. The third-order valence-corrected chi connectivity index (χ3v) is 5.33. The standard InChI is InChI=1S/C22H20N2O2S/c1-15-10-16(2)12-18(11-15)26-9-8-24-14-23-21-20(22(24)25)19(13-27-21)17-6-4-3-5-7-17/h3-7,10-14H,8-9H2,1-2H3. The lowest BCUT2D eigenvalue weighted by Crippen LogP contribution is -2.23. The summed E-state index contributed by atoms with van der Waals surface area (Å²) in [6.07, 6.45) is 1.61. The molecule has 136 valence electrons. The van der Waals surface area contributed by atoms with Gasteiger partial charge in [0.2, 0.25) is 0 Å². The van der Waals surface area contributed by atoms with Crippen LogP contribution in [0.2, 0.25) is 0 Å². The molecule has 0 spiro atoms. The number of nitrogens with zero attached hydrogens (tertiary/aromatic N) is 2. The quantitative estimate of drug-likeness (QED) is 0.501. The number of hydrogen-bond donors (Lipinski definition) is 0. The molecule has 0 unspecified atom stereocenters. The second-order valence-electron chi connectivity index (χ2n) is 6.61. The largest absolute Gasteiger partial charge is 0.492 e. The van der Waals surface area contributed by atoms with E-state index in [0.717, 1.165) is 32.8 Å². The van der Waals surface area contributed by atoms with Crippen molar-refractivity contribution in [3.63, 3.8) is 0 Å². The molecule has 4 nitrogen and oxygen atoms in total. The predicted octanol–water partition coefficient (Wildman–Crippen LogP) is 4.82. The summed E-state index contributed by atoms with van der Waals surface area (Å²) in [6, 6.07) is 16.1. The van der Waals surface area contributed by atoms with Crippen molar-refractivity contribution < 1.29 is 4.74 Å². The third-order valence-electron chi connectivity index (χ3n) is 4.44. The summed E-state index contributed by atoms with van der Waals surface area (Å²) >= 11 is 1.50. The van der Waals surface area contributed by atoms with Crippen molar-refractivity contribution in [1.29, 1.82) is 0 Å². The maximum absolute atomic E-state index is 13.0. The van der Waals surface area contributed by atoms with Crippen LogP contribution in [-0.4, -0.2) is 16.2 Å². The Kier molecular flexibility index (Phi) is 4.77. The zero-order valence-corrected chi connectivity index (χ0v) is 16.1. The molecule has 4 rings (SSSR count). The number of rotatable bonds is 5. The number of ether oxygens (including phenoxy) is 1. The molecule has 0 radical (unpaired) electrons. The molecule has 0 atom stereocenters. The second kappa shape index (κ2) is 7.37. The Balaban J connectivity index is 1.59. The molecule has 2 aromatic carbocycles. The van der Waals surface area contributed by atoms with E-state index in [1.165, 1.54) is 11.3 Å². The van der Waals surface area contributed by atoms with Gasteiger partial charge in [-0.15, -0.1) is 11.3 Å². The minimum absolute atomic E-state index is 0.0240. The minimum Gasteiger partial charge on any atom is -0.492 e. The summed E-state index contributed by atoms with van der Waals surface area (Å²) in [5.74, 6) is 0.829. The van der Waals surface area contributed by atoms with Crippen LogP contribution in [0.25, 0.3) is 21.3 Å². The molecule has 0 aliphatic carbocycles. The van der Waals surface area contributed by atoms with Gasteiger partial charge in [0.25, 0.3) is 5.56 Å². The van der Waals surface area contributed by atoms with Crippen LogP contribution in [0.1, 0.15) is 11.1 Å². The van der Waals surface area contributed by atoms with Gasteiger partial charge >= 0.3 is 0 Å². The Bertz CT molecular complexity index is 1130. The number of benzene rings is 2. The summed E-state index contributed by atoms with van der Waals surface area (Å²) in [7, 11) is 0. The third kappa shape index (κ3) is 3.64. The zero-order chi connectivity index (χ0) is 18.8. The number of hydrogen-bond acceptors (Lipinski definition) is 4. The van der Waals surface area contributed by atoms with Crippen LogP contribution in [0.4, 0.5) is 0 Å². The fourth-order valence-corrected chi connectivity index (χ4v) is 4.14. The van der Waals surface area contributed by atoms with Crippen molar-refractivity contribution in [3.05, 3.63) is 81.7 Å². The Hall–Kier alpha value is -2.92. The van der Waals surface area contributed by atoms with Gasteiger partial charge < -0.3 is 4.74 Å². The average Bonchev–Trinajstić information content (AvgIpc) is 3.08. The van der Waals surface area contributed by atoms with Crippen molar-refractivity contribution in [1.82, 2.24) is 9.55 Å². The normalized spacial score (nSPS) is 11.0. The van der Waals surface area contributed by atoms with E-state index < -0.39 is 0 Å². The number of aryl methyl sites for hydroxylation is 2. The molecule has 0 N–H and O–H groups in total. The van der Waals surface area contributed by atoms with E-state index in [9.17, 15) is 4.79 Å². The molecule has 5 heteroatoms. The van der Waals surface area contributed by atoms with Gasteiger partial charge in [0.15, 0.2) is 0 Å². The first-order valence-electron chi connectivity index (χ1n) is 8.85. The molecule has 2 heterocycles. The maximum atomic E-state index is 13.0. The number of thiophene rings is 1. The van der Waals surface area contributed by atoms with Crippen molar-refractivity contribution in [2.45, 2.75) is 20.4 Å². The van der Waals surface area contributed by atoms with Crippen LogP contribution >= 0.6 is 11.3 Å². The highest BCUT2D eigenvalue weighted by atomic mass is 32.1. The van der Waals surface area contributed by atoms with E-state index in [2.05, 4.69) is 11.1 Å². The van der Waals surface area contributed by atoms with Gasteiger partial charge in [-0.3, -0.25) is 9.36 Å². The van der Waals surface area contributed by atoms with Gasteiger partial charge in [-0.25, -0.2) is 4.98 Å². The topological polar surface area (TPSA) is 44.1 Å². The van der Waals surface area contributed by atoms with Crippen molar-refractivity contribution in [2.75, 3.05) is 6.61 Å². The lowest BCUT2D eigenvalue weighted by Gasteiger charge is -2.10. The Labute approximate surface area is 161 Å². The molecule has 27 heavy (non-hydrogen) atoms.